The van der Waals surface area contributed by atoms with Crippen molar-refractivity contribution in [1.29, 1.82) is 0 Å². The Labute approximate surface area is 329 Å². The maximum Gasteiger partial charge on any atom is 0.261 e. The van der Waals surface area contributed by atoms with E-state index in [2.05, 4.69) is 47.5 Å². The number of hydrogen-bond acceptors (Lipinski definition) is 10. The topological polar surface area (TPSA) is 159 Å². The predicted molar refractivity (Wildman–Crippen MR) is 211 cm³/mol. The van der Waals surface area contributed by atoms with E-state index in [1.807, 2.05) is 24.3 Å². The SMILES string of the molecule is O=C1CCC(N2Cc3cc(N4CCC(CN5CCC(n6cc7cc(NC(=O)c8cnn9cccnc89)c(OCC8CC8)cc7n6)CC5)CC4)ccc3C2=O)C(=O)N1. The first-order valence-corrected chi connectivity index (χ1v) is 20.3. The number of fused-ring (bicyclic) bond motifs is 3. The van der Waals surface area contributed by atoms with Crippen LogP contribution < -0.4 is 20.3 Å². The molecular weight excluding hydrogens is 725 g/mol. The summed E-state index contributed by atoms with van der Waals surface area (Å²) in [7, 11) is 0. The lowest BCUT2D eigenvalue weighted by Crippen LogP contribution is -2.52. The van der Waals surface area contributed by atoms with E-state index in [1.165, 1.54) is 19.0 Å². The monoisotopic (exact) mass is 770 g/mol. The van der Waals surface area contributed by atoms with Crippen LogP contribution in [-0.2, 0) is 16.1 Å². The molecule has 0 spiro atoms. The quantitative estimate of drug-likeness (QED) is 0.195. The van der Waals surface area contributed by atoms with E-state index in [0.717, 1.165) is 80.6 Å². The zero-order valence-electron chi connectivity index (χ0n) is 31.8. The zero-order chi connectivity index (χ0) is 38.6. The number of amides is 4. The molecule has 3 saturated heterocycles. The molecule has 4 aliphatic heterocycles. The van der Waals surface area contributed by atoms with Gasteiger partial charge in [0.2, 0.25) is 11.8 Å². The summed E-state index contributed by atoms with van der Waals surface area (Å²) >= 11 is 0. The molecule has 2 N–H and O–H groups in total. The summed E-state index contributed by atoms with van der Waals surface area (Å²) < 4.78 is 9.95. The van der Waals surface area contributed by atoms with Crippen LogP contribution in [-0.4, -0.2) is 103 Å². The molecule has 10 rings (SSSR count). The van der Waals surface area contributed by atoms with Crippen molar-refractivity contribution in [2.24, 2.45) is 11.8 Å². The summed E-state index contributed by atoms with van der Waals surface area (Å²) in [5.41, 5.74) is 5.09. The second-order valence-electron chi connectivity index (χ2n) is 16.4. The molecule has 7 heterocycles. The Balaban J connectivity index is 0.741. The largest absolute Gasteiger partial charge is 0.491 e. The number of imide groups is 1. The van der Waals surface area contributed by atoms with Crippen LogP contribution in [0.25, 0.3) is 16.6 Å². The van der Waals surface area contributed by atoms with Gasteiger partial charge in [0.1, 0.15) is 17.4 Å². The van der Waals surface area contributed by atoms with Gasteiger partial charge in [0.05, 0.1) is 30.0 Å². The normalized spacial score (nSPS) is 21.1. The molecule has 5 aliphatic rings. The number of piperidine rings is 3. The lowest BCUT2D eigenvalue weighted by Gasteiger charge is -2.38. The van der Waals surface area contributed by atoms with Crippen molar-refractivity contribution < 1.29 is 23.9 Å². The lowest BCUT2D eigenvalue weighted by atomic mass is 9.94. The average molecular weight is 771 g/mol. The number of rotatable bonds is 10. The van der Waals surface area contributed by atoms with Crippen molar-refractivity contribution in [3.8, 4) is 5.75 Å². The van der Waals surface area contributed by atoms with E-state index < -0.39 is 6.04 Å². The molecule has 5 aromatic rings. The van der Waals surface area contributed by atoms with Crippen LogP contribution in [0.4, 0.5) is 11.4 Å². The Morgan fingerprint density at radius 2 is 1.79 bits per heavy atom. The fourth-order valence-electron chi connectivity index (χ4n) is 9.01. The number of anilines is 2. The minimum absolute atomic E-state index is 0.133. The van der Waals surface area contributed by atoms with Crippen molar-refractivity contribution in [3.63, 3.8) is 0 Å². The highest BCUT2D eigenvalue weighted by Gasteiger charge is 2.39. The molecule has 0 bridgehead atoms. The summed E-state index contributed by atoms with van der Waals surface area (Å²) in [5, 5.41) is 15.7. The molecule has 1 aliphatic carbocycles. The third-order valence-corrected chi connectivity index (χ3v) is 12.5. The third-order valence-electron chi connectivity index (χ3n) is 12.5. The molecule has 3 aromatic heterocycles. The molecule has 4 amide bonds. The fourth-order valence-corrected chi connectivity index (χ4v) is 9.01. The van der Waals surface area contributed by atoms with Crippen LogP contribution in [0.1, 0.15) is 83.7 Å². The number of nitrogens with zero attached hydrogens (tertiary/aromatic N) is 8. The molecule has 4 fully saturated rings. The Morgan fingerprint density at radius 1 is 0.947 bits per heavy atom. The van der Waals surface area contributed by atoms with E-state index >= 15 is 0 Å². The highest BCUT2D eigenvalue weighted by atomic mass is 16.5. The van der Waals surface area contributed by atoms with Gasteiger partial charge < -0.3 is 24.8 Å². The molecule has 15 nitrogen and oxygen atoms in total. The van der Waals surface area contributed by atoms with Crippen molar-refractivity contribution in [3.05, 3.63) is 77.9 Å². The Hall–Kier alpha value is -5.83. The standard InChI is InChI=1S/C42H46N10O5/c53-38-7-6-36(41(55)46-38)50-23-28-18-31(4-5-32(28)42(50)56)49-16-8-26(9-17-49)22-48-14-10-30(11-15-48)52-24-29-19-35(37(20-34(29)47-52)57-25-27-2-3-27)45-40(54)33-21-44-51-13-1-12-43-39(33)51/h1,4-5,12-13,18-21,24,26-27,30,36H,2-3,6-11,14-17,22-23,25H2,(H,45,54)(H,46,53,55). The number of carbonyl (C=O) groups excluding carboxylic acids is 4. The minimum Gasteiger partial charge on any atom is -0.491 e. The summed E-state index contributed by atoms with van der Waals surface area (Å²) in [6.07, 6.45) is 14.3. The smallest absolute Gasteiger partial charge is 0.261 e. The van der Waals surface area contributed by atoms with Crippen LogP contribution in [0.3, 0.4) is 0 Å². The van der Waals surface area contributed by atoms with Crippen LogP contribution >= 0.6 is 0 Å². The summed E-state index contributed by atoms with van der Waals surface area (Å²) in [4.78, 5) is 61.7. The number of hydrogen-bond donors (Lipinski definition) is 2. The Kier molecular flexibility index (Phi) is 9.11. The van der Waals surface area contributed by atoms with E-state index in [4.69, 9.17) is 9.84 Å². The molecule has 2 aromatic carbocycles. The van der Waals surface area contributed by atoms with Crippen LogP contribution in [0.2, 0.25) is 0 Å². The van der Waals surface area contributed by atoms with Crippen LogP contribution in [0.5, 0.6) is 5.75 Å². The molecule has 1 unspecified atom stereocenters. The molecule has 294 valence electrons. The molecule has 0 radical (unpaired) electrons. The number of nitrogens with one attached hydrogen (secondary N) is 2. The van der Waals surface area contributed by atoms with Gasteiger partial charge in [0.25, 0.3) is 11.8 Å². The molecule has 15 heteroatoms. The van der Waals surface area contributed by atoms with Crippen molar-refractivity contribution >= 4 is 51.6 Å². The van der Waals surface area contributed by atoms with E-state index in [1.54, 1.807) is 27.9 Å². The second-order valence-corrected chi connectivity index (χ2v) is 16.4. The first-order valence-electron chi connectivity index (χ1n) is 20.3. The Morgan fingerprint density at radius 3 is 2.60 bits per heavy atom. The van der Waals surface area contributed by atoms with Gasteiger partial charge in [-0.25, -0.2) is 9.50 Å². The van der Waals surface area contributed by atoms with Gasteiger partial charge in [-0.3, -0.25) is 29.2 Å². The Bertz CT molecular complexity index is 2390. The summed E-state index contributed by atoms with van der Waals surface area (Å²) in [5.74, 6) is 0.736. The van der Waals surface area contributed by atoms with Crippen molar-refractivity contribution in [1.82, 2.24) is 39.5 Å². The maximum absolute atomic E-state index is 13.4. The highest BCUT2D eigenvalue weighted by molar-refractivity contribution is 6.09. The maximum atomic E-state index is 13.4. The van der Waals surface area contributed by atoms with Crippen molar-refractivity contribution in [2.45, 2.75) is 70.0 Å². The average Bonchev–Trinajstić information content (AvgIpc) is 3.65. The van der Waals surface area contributed by atoms with E-state index in [0.29, 0.717) is 65.7 Å². The number of carbonyl (C=O) groups is 4. The molecule has 1 atom stereocenters. The number of aromatic nitrogens is 5. The van der Waals surface area contributed by atoms with Gasteiger partial charge in [0.15, 0.2) is 5.65 Å². The van der Waals surface area contributed by atoms with E-state index in [-0.39, 0.29) is 30.0 Å². The second kappa shape index (κ2) is 14.6. The van der Waals surface area contributed by atoms with E-state index in [9.17, 15) is 19.2 Å². The van der Waals surface area contributed by atoms with Gasteiger partial charge >= 0.3 is 0 Å². The van der Waals surface area contributed by atoms with Crippen molar-refractivity contribution in [2.75, 3.05) is 49.5 Å². The number of benzene rings is 2. The van der Waals surface area contributed by atoms with Crippen LogP contribution in [0.15, 0.2) is 61.2 Å². The molecule has 1 saturated carbocycles. The molecular formula is C42H46N10O5. The first-order chi connectivity index (χ1) is 27.8. The van der Waals surface area contributed by atoms with Gasteiger partial charge in [-0.2, -0.15) is 10.2 Å². The fraction of sp³-hybridized carbons (Fsp3) is 0.452. The zero-order valence-corrected chi connectivity index (χ0v) is 31.8. The van der Waals surface area contributed by atoms with Gasteiger partial charge in [-0.15, -0.1) is 0 Å². The predicted octanol–water partition coefficient (Wildman–Crippen LogP) is 4.43. The lowest BCUT2D eigenvalue weighted by molar-refractivity contribution is -0.136. The summed E-state index contributed by atoms with van der Waals surface area (Å²) in [6.45, 7) is 6.09. The summed E-state index contributed by atoms with van der Waals surface area (Å²) in [6, 6.07) is 11.5. The van der Waals surface area contributed by atoms with Crippen LogP contribution in [0, 0.1) is 11.8 Å². The van der Waals surface area contributed by atoms with Gasteiger partial charge in [-0.1, -0.05) is 0 Å². The minimum atomic E-state index is -0.598. The number of ether oxygens (including phenoxy) is 1. The molecule has 57 heavy (non-hydrogen) atoms. The first kappa shape index (κ1) is 35.6. The third kappa shape index (κ3) is 7.09. The van der Waals surface area contributed by atoms with Gasteiger partial charge in [0, 0.05) is 87.0 Å². The highest BCUT2D eigenvalue weighted by Crippen LogP contribution is 2.36. The van der Waals surface area contributed by atoms with Gasteiger partial charge in [-0.05, 0) is 92.7 Å². The number of likely N-dealkylation sites (tertiary alicyclic amines) is 1.